The maximum absolute atomic E-state index is 13.3. The Morgan fingerprint density at radius 1 is 1.25 bits per heavy atom. The van der Waals surface area contributed by atoms with Crippen LogP contribution in [0.3, 0.4) is 0 Å². The van der Waals surface area contributed by atoms with Gasteiger partial charge in [0.15, 0.2) is 0 Å². The number of alkyl halides is 1. The van der Waals surface area contributed by atoms with Crippen LogP contribution in [0, 0.1) is 6.92 Å². The third kappa shape index (κ3) is 7.14. The number of aryl methyl sites for hydroxylation is 1. The van der Waals surface area contributed by atoms with E-state index >= 15 is 0 Å². The van der Waals surface area contributed by atoms with Crippen molar-refractivity contribution in [3.8, 4) is 0 Å². The van der Waals surface area contributed by atoms with Gasteiger partial charge in [-0.2, -0.15) is 4.31 Å². The number of aldehydes is 1. The van der Waals surface area contributed by atoms with Crippen LogP contribution in [0.4, 0.5) is 0 Å². The second-order valence-electron chi connectivity index (χ2n) is 7.52. The Bertz CT molecular complexity index is 810. The second-order valence-corrected chi connectivity index (χ2v) is 9.97. The molecule has 0 radical (unpaired) electrons. The van der Waals surface area contributed by atoms with Crippen molar-refractivity contribution < 1.29 is 22.7 Å². The molecular formula is C20H28BrNO5S. The van der Waals surface area contributed by atoms with Gasteiger partial charge in [-0.1, -0.05) is 45.3 Å². The summed E-state index contributed by atoms with van der Waals surface area (Å²) in [6.07, 6.45) is 1.96. The molecule has 8 heteroatoms. The van der Waals surface area contributed by atoms with Crippen molar-refractivity contribution in [3.63, 3.8) is 0 Å². The molecule has 156 valence electrons. The molecule has 0 heterocycles. The number of carbonyl (C=O) groups excluding carboxylic acids is 2. The Hall–Kier alpha value is -1.51. The van der Waals surface area contributed by atoms with E-state index in [4.69, 9.17) is 4.74 Å². The lowest BCUT2D eigenvalue weighted by atomic mass is 10.1. The smallest absolute Gasteiger partial charge is 0.325 e. The maximum Gasteiger partial charge on any atom is 0.325 e. The van der Waals surface area contributed by atoms with Crippen LogP contribution in [-0.4, -0.2) is 48.5 Å². The zero-order valence-corrected chi connectivity index (χ0v) is 19.3. The number of ether oxygens (including phenoxy) is 1. The van der Waals surface area contributed by atoms with E-state index in [0.717, 1.165) is 15.4 Å². The topological polar surface area (TPSA) is 80.8 Å². The predicted octanol–water partition coefficient (Wildman–Crippen LogP) is 3.63. The normalized spacial score (nSPS) is 14.0. The van der Waals surface area contributed by atoms with Gasteiger partial charge < -0.3 is 9.53 Å². The molecule has 6 nitrogen and oxygen atoms in total. The van der Waals surface area contributed by atoms with E-state index in [-0.39, 0.29) is 17.9 Å². The van der Waals surface area contributed by atoms with Crippen molar-refractivity contribution in [1.82, 2.24) is 4.31 Å². The third-order valence-electron chi connectivity index (χ3n) is 3.80. The van der Waals surface area contributed by atoms with Crippen LogP contribution in [0.1, 0.15) is 39.7 Å². The highest BCUT2D eigenvalue weighted by atomic mass is 79.9. The Morgan fingerprint density at radius 3 is 2.29 bits per heavy atom. The zero-order chi connectivity index (χ0) is 21.5. The molecule has 0 amide bonds. The van der Waals surface area contributed by atoms with E-state index in [1.807, 2.05) is 13.8 Å². The maximum atomic E-state index is 13.3. The molecule has 28 heavy (non-hydrogen) atoms. The molecule has 0 aliphatic heterocycles. The Kier molecular flexibility index (Phi) is 9.04. The number of hydrogen-bond donors (Lipinski definition) is 0. The average molecular weight is 474 g/mol. The molecule has 0 saturated carbocycles. The first-order chi connectivity index (χ1) is 12.9. The van der Waals surface area contributed by atoms with Crippen molar-refractivity contribution >= 4 is 38.2 Å². The van der Waals surface area contributed by atoms with E-state index in [1.54, 1.807) is 39.0 Å². The summed E-state index contributed by atoms with van der Waals surface area (Å²) < 4.78 is 33.0. The lowest BCUT2D eigenvalue weighted by Crippen LogP contribution is -2.47. The fraction of sp³-hybridized carbons (Fsp3) is 0.500. The number of hydrogen-bond acceptors (Lipinski definition) is 5. The van der Waals surface area contributed by atoms with Crippen molar-refractivity contribution in [2.75, 3.05) is 11.9 Å². The number of sulfonamides is 1. The highest BCUT2D eigenvalue weighted by molar-refractivity contribution is 9.09. The van der Waals surface area contributed by atoms with Gasteiger partial charge in [-0.25, -0.2) is 8.42 Å². The molecule has 1 aromatic rings. The molecule has 0 fully saturated rings. The minimum Gasteiger partial charge on any atom is -0.459 e. The third-order valence-corrected chi connectivity index (χ3v) is 6.58. The molecule has 0 spiro atoms. The Labute approximate surface area is 176 Å². The number of rotatable bonds is 9. The van der Waals surface area contributed by atoms with Gasteiger partial charge in [-0.05, 0) is 46.8 Å². The minimum absolute atomic E-state index is 0.0502. The summed E-state index contributed by atoms with van der Waals surface area (Å²) in [5.41, 5.74) is 1.01. The van der Waals surface area contributed by atoms with Gasteiger partial charge in [0.05, 0.1) is 4.90 Å². The molecular weight excluding hydrogens is 446 g/mol. The quantitative estimate of drug-likeness (QED) is 0.236. The van der Waals surface area contributed by atoms with Crippen LogP contribution in [0.5, 0.6) is 0 Å². The number of allylic oxidation sites excluding steroid dienone is 1. The average Bonchev–Trinajstić information content (AvgIpc) is 2.59. The Balaban J connectivity index is 3.43. The van der Waals surface area contributed by atoms with E-state index in [0.29, 0.717) is 11.6 Å². The van der Waals surface area contributed by atoms with Gasteiger partial charge >= 0.3 is 5.97 Å². The summed E-state index contributed by atoms with van der Waals surface area (Å²) in [6, 6.07) is 5.11. The summed E-state index contributed by atoms with van der Waals surface area (Å²) in [4.78, 5) is 24.0. The van der Waals surface area contributed by atoms with Gasteiger partial charge in [-0.15, -0.1) is 0 Å². The SMILES string of the molecule is C/C(=C/CN([C@@H](CC=O)C(=O)OC(C)(C)C)S(=O)(=O)c1ccc(C)cc1)CBr. The second kappa shape index (κ2) is 10.3. The van der Waals surface area contributed by atoms with E-state index in [9.17, 15) is 18.0 Å². The number of halogens is 1. The highest BCUT2D eigenvalue weighted by Crippen LogP contribution is 2.23. The number of nitrogens with zero attached hydrogens (tertiary/aromatic N) is 1. The largest absolute Gasteiger partial charge is 0.459 e. The first-order valence-corrected chi connectivity index (χ1v) is 11.4. The van der Waals surface area contributed by atoms with Crippen LogP contribution >= 0.6 is 15.9 Å². The molecule has 0 unspecified atom stereocenters. The van der Waals surface area contributed by atoms with E-state index in [1.165, 1.54) is 12.1 Å². The van der Waals surface area contributed by atoms with Crippen LogP contribution in [0.25, 0.3) is 0 Å². The van der Waals surface area contributed by atoms with E-state index in [2.05, 4.69) is 15.9 Å². The molecule has 0 aromatic heterocycles. The van der Waals surface area contributed by atoms with Crippen molar-refractivity contribution in [2.24, 2.45) is 0 Å². The highest BCUT2D eigenvalue weighted by Gasteiger charge is 2.37. The fourth-order valence-corrected chi connectivity index (χ4v) is 4.09. The molecule has 0 aliphatic carbocycles. The van der Waals surface area contributed by atoms with Gasteiger partial charge in [0, 0.05) is 18.3 Å². The first kappa shape index (κ1) is 24.5. The standard InChI is InChI=1S/C20H28BrNO5S/c1-15-6-8-17(9-7-15)28(25,26)22(12-10-16(2)14-21)18(11-13-23)19(24)27-20(3,4)5/h6-10,13,18H,11-12,14H2,1-5H3/b16-10-/t18-/m0/s1. The summed E-state index contributed by atoms with van der Waals surface area (Å²) in [5, 5.41) is 0.566. The van der Waals surface area contributed by atoms with Gasteiger partial charge in [-0.3, -0.25) is 4.79 Å². The molecule has 1 aromatic carbocycles. The van der Waals surface area contributed by atoms with Crippen LogP contribution in [0.2, 0.25) is 0 Å². The van der Waals surface area contributed by atoms with Crippen LogP contribution in [0.15, 0.2) is 40.8 Å². The van der Waals surface area contributed by atoms with Gasteiger partial charge in [0.25, 0.3) is 0 Å². The van der Waals surface area contributed by atoms with Crippen LogP contribution < -0.4 is 0 Å². The zero-order valence-electron chi connectivity index (χ0n) is 16.9. The predicted molar refractivity (Wildman–Crippen MR) is 113 cm³/mol. The number of esters is 1. The molecule has 1 rings (SSSR count). The lowest BCUT2D eigenvalue weighted by Gasteiger charge is -2.30. The monoisotopic (exact) mass is 473 g/mol. The summed E-state index contributed by atoms with van der Waals surface area (Å²) in [5.74, 6) is -0.750. The number of carbonyl (C=O) groups is 2. The Morgan fingerprint density at radius 2 is 1.82 bits per heavy atom. The summed E-state index contributed by atoms with van der Waals surface area (Å²) in [6.45, 7) is 8.72. The van der Waals surface area contributed by atoms with Gasteiger partial charge in [0.1, 0.15) is 17.9 Å². The molecule has 0 bridgehead atoms. The summed E-state index contributed by atoms with van der Waals surface area (Å²) in [7, 11) is -4.03. The van der Waals surface area contributed by atoms with Gasteiger partial charge in [0.2, 0.25) is 10.0 Å². The van der Waals surface area contributed by atoms with Crippen molar-refractivity contribution in [2.45, 2.75) is 57.6 Å². The lowest BCUT2D eigenvalue weighted by molar-refractivity contribution is -0.160. The van der Waals surface area contributed by atoms with Crippen LogP contribution in [-0.2, 0) is 24.3 Å². The summed E-state index contributed by atoms with van der Waals surface area (Å²) >= 11 is 3.32. The minimum atomic E-state index is -4.03. The molecule has 0 saturated heterocycles. The molecule has 0 N–H and O–H groups in total. The fourth-order valence-electron chi connectivity index (χ4n) is 2.33. The molecule has 0 aliphatic rings. The van der Waals surface area contributed by atoms with E-state index < -0.39 is 27.6 Å². The van der Waals surface area contributed by atoms with Crippen molar-refractivity contribution in [3.05, 3.63) is 41.5 Å². The van der Waals surface area contributed by atoms with Crippen molar-refractivity contribution in [1.29, 1.82) is 0 Å². The first-order valence-electron chi connectivity index (χ1n) is 8.89. The number of benzene rings is 1. The molecule has 1 atom stereocenters.